The normalized spacial score (nSPS) is 23.2. The molecule has 9 N–H and O–H groups in total. The number of aryl methyl sites for hydroxylation is 1. The van der Waals surface area contributed by atoms with Gasteiger partial charge in [-0.1, -0.05) is 104 Å². The topological polar surface area (TPSA) is 297 Å². The Kier molecular flexibility index (Phi) is 23.1. The number of hydrogen-bond acceptors (Lipinski definition) is 17. The minimum absolute atomic E-state index is 0. The first-order valence-corrected chi connectivity index (χ1v) is 40.2. The van der Waals surface area contributed by atoms with Crippen molar-refractivity contribution in [3.05, 3.63) is 177 Å². The molecule has 11 rings (SSSR count). The monoisotopic (exact) mass is 1580 g/mol. The van der Waals surface area contributed by atoms with Gasteiger partial charge in [-0.15, -0.1) is 0 Å². The number of aliphatic hydroxyl groups is 5. The van der Waals surface area contributed by atoms with Gasteiger partial charge < -0.3 is 60.3 Å². The summed E-state index contributed by atoms with van der Waals surface area (Å²) in [5.74, 6) is -1.40. The van der Waals surface area contributed by atoms with Gasteiger partial charge in [-0.3, -0.25) is 9.59 Å². The molecule has 4 aromatic carbocycles. The molecule has 20 nitrogen and oxygen atoms in total. The van der Waals surface area contributed by atoms with Crippen LogP contribution in [0.15, 0.2) is 128 Å². The average Bonchev–Trinajstić information content (AvgIpc) is 3.57. The van der Waals surface area contributed by atoms with Gasteiger partial charge in [-0.25, -0.2) is 29.6 Å². The number of carbonyl (C=O) groups is 3. The number of hydrogen-bond donors (Lipinski definition) is 7. The van der Waals surface area contributed by atoms with Crippen LogP contribution in [0.2, 0.25) is 15.1 Å². The zero-order chi connectivity index (χ0) is 60.2. The third-order valence-electron chi connectivity index (χ3n) is 14.2. The number of aliphatic hydroxyl groups excluding tert-OH is 3. The van der Waals surface area contributed by atoms with Crippen molar-refractivity contribution < 1.29 is 59.0 Å². The van der Waals surface area contributed by atoms with Crippen LogP contribution in [-0.2, 0) is 19.1 Å². The molecule has 0 saturated carbocycles. The van der Waals surface area contributed by atoms with Crippen molar-refractivity contribution in [3.8, 4) is 0 Å². The molecular weight excluding hydrogens is 1520 g/mol. The number of imide groups is 1. The average molecular weight is 1590 g/mol. The Balaban J connectivity index is 0.000000226. The molecule has 2 amide bonds. The predicted octanol–water partition coefficient (Wildman–Crippen LogP) is 10.9. The number of fused-ring (bicyclic) bond motifs is 3. The third kappa shape index (κ3) is 14.1. The molecule has 8 aromatic rings. The summed E-state index contributed by atoms with van der Waals surface area (Å²) in [4.78, 5) is 57.1. The number of carbonyl (C=O) groups excluding carboxylic acids is 3. The molecule has 0 unspecified atom stereocenters. The van der Waals surface area contributed by atoms with Gasteiger partial charge in [0.25, 0.3) is 11.8 Å². The van der Waals surface area contributed by atoms with Crippen LogP contribution < -0.4 is 16.4 Å². The van der Waals surface area contributed by atoms with E-state index >= 15 is 0 Å². The van der Waals surface area contributed by atoms with E-state index in [9.17, 15) is 39.9 Å². The molecule has 27 heteroatoms. The summed E-state index contributed by atoms with van der Waals surface area (Å²) in [5.41, 5.74) is 10.5. The molecule has 10 atom stereocenters. The molecule has 0 aliphatic carbocycles. The Hall–Kier alpha value is -4.15. The van der Waals surface area contributed by atoms with Crippen LogP contribution in [0, 0.1) is 6.92 Å². The minimum atomic E-state index is -1.98. The summed E-state index contributed by atoms with van der Waals surface area (Å²) in [6.07, 6.45) is -1.88. The van der Waals surface area contributed by atoms with Gasteiger partial charge >= 0.3 is 70.8 Å². The fraction of sp³-hybridized carbons (Fsp3) is 0.316. The van der Waals surface area contributed by atoms with Crippen LogP contribution in [0.25, 0.3) is 22.1 Å². The fourth-order valence-corrected chi connectivity index (χ4v) is 10.2. The van der Waals surface area contributed by atoms with E-state index in [-0.39, 0.29) is 50.5 Å². The second-order valence-electron chi connectivity index (χ2n) is 19.8. The molecule has 7 heterocycles. The molecule has 4 aromatic heterocycles. The first-order valence-electron chi connectivity index (χ1n) is 25.5. The van der Waals surface area contributed by atoms with E-state index in [1.807, 2.05) is 6.92 Å². The maximum absolute atomic E-state index is 13.2. The van der Waals surface area contributed by atoms with E-state index in [0.29, 0.717) is 38.4 Å². The van der Waals surface area contributed by atoms with Gasteiger partial charge in [-0.2, -0.15) is 0 Å². The van der Waals surface area contributed by atoms with Crippen LogP contribution in [0.1, 0.15) is 113 Å². The summed E-state index contributed by atoms with van der Waals surface area (Å²) in [5, 5.41) is 57.7. The van der Waals surface area contributed by atoms with E-state index in [1.54, 1.807) is 102 Å². The zero-order valence-corrected chi connectivity index (χ0v) is 54.7. The van der Waals surface area contributed by atoms with Crippen molar-refractivity contribution in [2.75, 3.05) is 17.2 Å². The zero-order valence-electron chi connectivity index (χ0n) is 44.6. The molecular formula is C57H60Cl3I3N9O11V. The summed E-state index contributed by atoms with van der Waals surface area (Å²) in [6, 6.07) is 27.8. The van der Waals surface area contributed by atoms with Gasteiger partial charge in [-0.05, 0) is 105 Å². The number of rotatable bonds is 11. The molecule has 0 spiro atoms. The Bertz CT molecular complexity index is 3600. The fourth-order valence-electron chi connectivity index (χ4n) is 9.69. The molecule has 0 radical (unpaired) electrons. The van der Waals surface area contributed by atoms with E-state index in [1.165, 1.54) is 62.2 Å². The number of nitrogens with zero attached hydrogens (tertiary/aromatic N) is 7. The van der Waals surface area contributed by atoms with E-state index in [4.69, 9.17) is 60.5 Å². The van der Waals surface area contributed by atoms with Crippen molar-refractivity contribution in [2.24, 2.45) is 5.73 Å². The van der Waals surface area contributed by atoms with Crippen molar-refractivity contribution in [2.45, 2.75) is 108 Å². The summed E-state index contributed by atoms with van der Waals surface area (Å²) in [7, 11) is 0. The van der Waals surface area contributed by atoms with Crippen LogP contribution in [0.3, 0.4) is 0 Å². The number of amides is 2. The van der Waals surface area contributed by atoms with E-state index < -0.39 is 78.1 Å². The SMILES string of the molecule is C.CCCCN.C[C@@]1(O)[C@@H]([C@H](OC(=O)c2ccccc2)c2ccc(Cl)c(Cl)c2)O[C@@H](n2ccc3c(N4C(=O)c5ccccc5C4=O)ncnc32)[C@@H]1O.Cc1ccc([C@@H](O)[C@H]2O[C@@H](n3ccc4c(N)ncnc43)[C@H](O)[C@]2(C)O)cc1Cl.[I][V]([I])[I]. The number of unbranched alkanes of at least 4 members (excludes halogenated alkanes) is 1. The molecule has 3 aliphatic heterocycles. The van der Waals surface area contributed by atoms with Crippen molar-refractivity contribution in [3.63, 3.8) is 0 Å². The molecule has 2 fully saturated rings. The van der Waals surface area contributed by atoms with Crippen LogP contribution in [0.4, 0.5) is 11.6 Å². The number of nitrogen functional groups attached to an aromatic ring is 1. The summed E-state index contributed by atoms with van der Waals surface area (Å²) < 4.78 is 21.2. The predicted molar refractivity (Wildman–Crippen MR) is 343 cm³/mol. The molecule has 3 aliphatic rings. The Morgan fingerprint density at radius 3 is 1.80 bits per heavy atom. The second kappa shape index (κ2) is 28.8. The number of aromatic nitrogens is 6. The quantitative estimate of drug-likeness (QED) is 0.0360. The van der Waals surface area contributed by atoms with Gasteiger partial charge in [0, 0.05) is 17.4 Å². The van der Waals surface area contributed by atoms with Crippen LogP contribution in [0.5, 0.6) is 0 Å². The number of esters is 1. The van der Waals surface area contributed by atoms with Gasteiger partial charge in [0.1, 0.15) is 71.5 Å². The maximum atomic E-state index is 13.2. The van der Waals surface area contributed by atoms with Crippen molar-refractivity contribution in [1.82, 2.24) is 29.1 Å². The van der Waals surface area contributed by atoms with Crippen LogP contribution in [-0.4, -0.2) is 115 Å². The number of halogens is 6. The number of benzene rings is 4. The van der Waals surface area contributed by atoms with E-state index in [0.717, 1.165) is 17.0 Å². The van der Waals surface area contributed by atoms with Crippen molar-refractivity contribution >= 4 is 146 Å². The molecule has 84 heavy (non-hydrogen) atoms. The summed E-state index contributed by atoms with van der Waals surface area (Å²) in [6.45, 7) is 7.62. The molecule has 446 valence electrons. The second-order valence-corrected chi connectivity index (χ2v) is 56.3. The van der Waals surface area contributed by atoms with Gasteiger partial charge in [0.05, 0.1) is 37.5 Å². The standard InChI is InChI=1S/C33H24Cl2N4O7.C19H21ClN4O4.C4H11N.CH4.3HI.V/c1-33(44)25(40)31(46-26(33)24(18-11-12-22(34)23(35)15-18)45-32(43)17-7-3-2-4-8-17)38-14-13-21-27(38)36-16-37-28(21)39-29(41)19-9-5-6-10-20(19)30(39)42;1-9-3-4-10(7-12(9)20)13(25)15-19(2,27)14(26)18(28-15)24-6-5-11-16(21)22-8-23-17(11)24;1-2-3-4-5;;;;;/h2-16,24-26,31,40,44H,1H3;3-8,13-15,18,25-27H,1-2H3,(H2,21,22,23);2-5H2,1H3;1H4;3*1H;/q;;;;;;;+3/p-3/t24-,25+,26-,31-,33+;13-,14+,15-,18-,19+;;;;;;/m11....../s1. The van der Waals surface area contributed by atoms with Crippen molar-refractivity contribution in [1.29, 1.82) is 0 Å². The first kappa shape index (κ1) is 67.4. The number of anilines is 2. The molecule has 2 saturated heterocycles. The Labute approximate surface area is 536 Å². The number of ether oxygens (including phenoxy) is 3. The molecule has 0 bridgehead atoms. The van der Waals surface area contributed by atoms with E-state index in [2.05, 4.69) is 86.8 Å². The van der Waals surface area contributed by atoms with Gasteiger partial charge in [0.15, 0.2) is 24.4 Å². The third-order valence-corrected chi connectivity index (χ3v) is 15.4. The Morgan fingerprint density at radius 1 is 0.738 bits per heavy atom. The first-order chi connectivity index (χ1) is 39.4. The Morgan fingerprint density at radius 2 is 1.25 bits per heavy atom. The summed E-state index contributed by atoms with van der Waals surface area (Å²) >= 11 is 26.0. The van der Waals surface area contributed by atoms with Gasteiger partial charge in [0.2, 0.25) is 0 Å². The number of nitrogens with two attached hydrogens (primary N) is 2. The van der Waals surface area contributed by atoms with Crippen LogP contribution >= 0.6 is 94.7 Å².